The average molecular weight is 563 g/mol. The molecular weight excluding hydrogens is 532 g/mol. The molecule has 1 amide bonds. The van der Waals surface area contributed by atoms with Crippen LogP contribution < -0.4 is 15.6 Å². The van der Waals surface area contributed by atoms with Crippen molar-refractivity contribution in [3.05, 3.63) is 106 Å². The summed E-state index contributed by atoms with van der Waals surface area (Å²) in [6, 6.07) is 21.3. The summed E-state index contributed by atoms with van der Waals surface area (Å²) in [5.74, 6) is -1.40. The number of anilines is 2. The van der Waals surface area contributed by atoms with Gasteiger partial charge in [0.1, 0.15) is 5.69 Å². The molecule has 1 aromatic heterocycles. The second kappa shape index (κ2) is 11.6. The van der Waals surface area contributed by atoms with Crippen LogP contribution in [-0.2, 0) is 33.0 Å². The lowest BCUT2D eigenvalue weighted by Crippen LogP contribution is -2.30. The van der Waals surface area contributed by atoms with Crippen LogP contribution in [0.2, 0.25) is 0 Å². The zero-order valence-electron chi connectivity index (χ0n) is 22.5. The number of esters is 1. The van der Waals surface area contributed by atoms with Gasteiger partial charge in [0.05, 0.1) is 21.8 Å². The Bertz CT molecular complexity index is 1710. The number of sulfonamides is 1. The minimum absolute atomic E-state index is 0.0682. The lowest BCUT2D eigenvalue weighted by atomic mass is 10.1. The number of carbonyl (C=O) groups excluding carboxylic acids is 2. The van der Waals surface area contributed by atoms with Crippen molar-refractivity contribution < 1.29 is 22.7 Å². The van der Waals surface area contributed by atoms with Gasteiger partial charge >= 0.3 is 5.97 Å². The highest BCUT2D eigenvalue weighted by Gasteiger charge is 2.24. The van der Waals surface area contributed by atoms with E-state index in [9.17, 15) is 22.8 Å². The van der Waals surface area contributed by atoms with Crippen molar-refractivity contribution in [3.63, 3.8) is 0 Å². The minimum Gasteiger partial charge on any atom is -0.449 e. The van der Waals surface area contributed by atoms with Crippen LogP contribution in [0.1, 0.15) is 35.5 Å². The predicted molar refractivity (Wildman–Crippen MR) is 152 cm³/mol. The Kier molecular flexibility index (Phi) is 8.24. The molecule has 4 aromatic rings. The molecule has 2 N–H and O–H groups in total. The zero-order valence-corrected chi connectivity index (χ0v) is 23.4. The number of amides is 1. The van der Waals surface area contributed by atoms with Crippen molar-refractivity contribution in [3.8, 4) is 5.69 Å². The van der Waals surface area contributed by atoms with E-state index in [1.165, 1.54) is 29.8 Å². The Morgan fingerprint density at radius 1 is 0.975 bits per heavy atom. The number of carbonyl (C=O) groups is 2. The Morgan fingerprint density at radius 2 is 1.65 bits per heavy atom. The number of benzene rings is 3. The zero-order chi connectivity index (χ0) is 29.0. The fourth-order valence-electron chi connectivity index (χ4n) is 4.02. The van der Waals surface area contributed by atoms with Crippen molar-refractivity contribution in [2.24, 2.45) is 7.05 Å². The first kappa shape index (κ1) is 28.4. The van der Waals surface area contributed by atoms with Gasteiger partial charge in [0.2, 0.25) is 0 Å². The molecule has 11 heteroatoms. The molecule has 0 aliphatic rings. The van der Waals surface area contributed by atoms with E-state index in [4.69, 9.17) is 4.74 Å². The van der Waals surface area contributed by atoms with Gasteiger partial charge in [-0.1, -0.05) is 43.3 Å². The van der Waals surface area contributed by atoms with Gasteiger partial charge in [0.25, 0.3) is 21.5 Å². The van der Waals surface area contributed by atoms with Crippen LogP contribution >= 0.6 is 0 Å². The number of hydrogen-bond acceptors (Lipinski definition) is 6. The van der Waals surface area contributed by atoms with Crippen molar-refractivity contribution in [2.75, 3.05) is 10.0 Å². The van der Waals surface area contributed by atoms with Gasteiger partial charge in [-0.2, -0.15) is 0 Å². The molecule has 208 valence electrons. The molecule has 1 atom stereocenters. The van der Waals surface area contributed by atoms with E-state index < -0.39 is 33.6 Å². The summed E-state index contributed by atoms with van der Waals surface area (Å²) >= 11 is 0. The Morgan fingerprint density at radius 3 is 2.30 bits per heavy atom. The third kappa shape index (κ3) is 5.99. The number of aryl methyl sites for hydroxylation is 1. The van der Waals surface area contributed by atoms with Crippen LogP contribution in [0, 0.1) is 6.92 Å². The molecule has 0 saturated carbocycles. The quantitative estimate of drug-likeness (QED) is 0.297. The van der Waals surface area contributed by atoms with Crippen LogP contribution in [0.4, 0.5) is 11.4 Å². The molecule has 0 radical (unpaired) electrons. The Labute approximate surface area is 232 Å². The van der Waals surface area contributed by atoms with E-state index in [2.05, 4.69) is 10.0 Å². The SMILES string of the molecule is CCc1ccc(NC(=O)[C@@H](C)OC(=O)c2cccc(S(=O)(=O)Nc3c(C)n(C)n(-c4ccccc4)c3=O)c2)cc1. The monoisotopic (exact) mass is 562 g/mol. The summed E-state index contributed by atoms with van der Waals surface area (Å²) < 4.78 is 37.0. The number of rotatable bonds is 9. The summed E-state index contributed by atoms with van der Waals surface area (Å²) in [5.41, 5.74) is 1.92. The van der Waals surface area contributed by atoms with Gasteiger partial charge in [-0.25, -0.2) is 17.9 Å². The fraction of sp³-hybridized carbons (Fsp3) is 0.207. The summed E-state index contributed by atoms with van der Waals surface area (Å²) in [7, 11) is -2.61. The summed E-state index contributed by atoms with van der Waals surface area (Å²) in [5, 5.41) is 2.69. The summed E-state index contributed by atoms with van der Waals surface area (Å²) in [6.45, 7) is 5.07. The number of aromatic nitrogens is 2. The molecule has 4 rings (SSSR count). The molecule has 0 aliphatic carbocycles. The predicted octanol–water partition coefficient (Wildman–Crippen LogP) is 4.03. The number of ether oxygens (including phenoxy) is 1. The van der Waals surface area contributed by atoms with Crippen LogP contribution in [-0.4, -0.2) is 35.8 Å². The minimum atomic E-state index is -4.26. The van der Waals surface area contributed by atoms with Gasteiger partial charge in [0.15, 0.2) is 6.10 Å². The molecule has 0 spiro atoms. The number of nitrogens with zero attached hydrogens (tertiary/aromatic N) is 2. The van der Waals surface area contributed by atoms with Gasteiger partial charge in [0, 0.05) is 12.7 Å². The molecule has 0 unspecified atom stereocenters. The van der Waals surface area contributed by atoms with Crippen LogP contribution in [0.15, 0.2) is 88.6 Å². The second-order valence-corrected chi connectivity index (χ2v) is 10.8. The molecule has 10 nitrogen and oxygen atoms in total. The summed E-state index contributed by atoms with van der Waals surface area (Å²) in [6.07, 6.45) is -0.274. The highest BCUT2D eigenvalue weighted by atomic mass is 32.2. The van der Waals surface area contributed by atoms with Crippen molar-refractivity contribution in [1.82, 2.24) is 9.36 Å². The van der Waals surface area contributed by atoms with E-state index in [1.807, 2.05) is 25.1 Å². The highest BCUT2D eigenvalue weighted by Crippen LogP contribution is 2.20. The number of para-hydroxylation sites is 1. The molecule has 3 aromatic carbocycles. The third-order valence-corrected chi connectivity index (χ3v) is 7.80. The first-order valence-electron chi connectivity index (χ1n) is 12.6. The molecule has 0 bridgehead atoms. The highest BCUT2D eigenvalue weighted by molar-refractivity contribution is 7.92. The lowest BCUT2D eigenvalue weighted by molar-refractivity contribution is -0.123. The average Bonchev–Trinajstić information content (AvgIpc) is 3.16. The Hall–Kier alpha value is -4.64. The largest absolute Gasteiger partial charge is 0.449 e. The van der Waals surface area contributed by atoms with Crippen molar-refractivity contribution in [1.29, 1.82) is 0 Å². The van der Waals surface area contributed by atoms with E-state index in [-0.39, 0.29) is 16.1 Å². The second-order valence-electron chi connectivity index (χ2n) is 9.16. The normalized spacial score (nSPS) is 12.0. The molecule has 0 saturated heterocycles. The van der Waals surface area contributed by atoms with Gasteiger partial charge in [-0.15, -0.1) is 0 Å². The third-order valence-electron chi connectivity index (χ3n) is 6.45. The van der Waals surface area contributed by atoms with Crippen LogP contribution in [0.5, 0.6) is 0 Å². The maximum atomic E-state index is 13.2. The molecule has 0 fully saturated rings. The van der Waals surface area contributed by atoms with Crippen LogP contribution in [0.3, 0.4) is 0 Å². The standard InChI is InChI=1S/C29H30N4O6S/c1-5-21-14-16-23(17-15-21)30-27(34)20(3)39-29(36)22-10-9-13-25(18-22)40(37,38)31-26-19(2)32(4)33(28(26)35)24-11-7-6-8-12-24/h6-18,20,31H,5H2,1-4H3,(H,30,34)/t20-/m1/s1. The molecule has 1 heterocycles. The number of nitrogens with one attached hydrogen (secondary N) is 2. The molecular formula is C29H30N4O6S. The fourth-order valence-corrected chi connectivity index (χ4v) is 5.18. The van der Waals surface area contributed by atoms with Crippen LogP contribution in [0.25, 0.3) is 5.69 Å². The first-order chi connectivity index (χ1) is 19.0. The van der Waals surface area contributed by atoms with Crippen molar-refractivity contribution in [2.45, 2.75) is 38.2 Å². The first-order valence-corrected chi connectivity index (χ1v) is 14.1. The van der Waals surface area contributed by atoms with Gasteiger partial charge in [-0.3, -0.25) is 19.0 Å². The van der Waals surface area contributed by atoms with Gasteiger partial charge in [-0.05, 0) is 68.3 Å². The van der Waals surface area contributed by atoms with E-state index in [0.717, 1.165) is 18.1 Å². The van der Waals surface area contributed by atoms with E-state index >= 15 is 0 Å². The van der Waals surface area contributed by atoms with E-state index in [0.29, 0.717) is 17.1 Å². The van der Waals surface area contributed by atoms with Crippen molar-refractivity contribution >= 4 is 33.3 Å². The summed E-state index contributed by atoms with van der Waals surface area (Å²) in [4.78, 5) is 38.2. The molecule has 40 heavy (non-hydrogen) atoms. The molecule has 0 aliphatic heterocycles. The smallest absolute Gasteiger partial charge is 0.338 e. The topological polar surface area (TPSA) is 128 Å². The van der Waals surface area contributed by atoms with Gasteiger partial charge < -0.3 is 10.1 Å². The Balaban J connectivity index is 1.50. The number of hydrogen-bond donors (Lipinski definition) is 2. The van der Waals surface area contributed by atoms with E-state index in [1.54, 1.807) is 55.1 Å². The maximum Gasteiger partial charge on any atom is 0.338 e. The lowest BCUT2D eigenvalue weighted by Gasteiger charge is -2.14. The maximum absolute atomic E-state index is 13.2.